The van der Waals surface area contributed by atoms with Crippen molar-refractivity contribution in [1.29, 1.82) is 0 Å². The molecule has 1 aliphatic heterocycles. The van der Waals surface area contributed by atoms with Gasteiger partial charge in [0, 0.05) is 32.4 Å². The minimum Gasteiger partial charge on any atom is -0.338 e. The fourth-order valence-corrected chi connectivity index (χ4v) is 1.34. The van der Waals surface area contributed by atoms with Gasteiger partial charge >= 0.3 is 11.8 Å². The van der Waals surface area contributed by atoms with E-state index in [4.69, 9.17) is 0 Å². The van der Waals surface area contributed by atoms with Crippen molar-refractivity contribution < 1.29 is 9.59 Å². The lowest BCUT2D eigenvalue weighted by Gasteiger charge is -1.99. The molecule has 7 heteroatoms. The van der Waals surface area contributed by atoms with Gasteiger partial charge in [-0.1, -0.05) is 0 Å². The van der Waals surface area contributed by atoms with Gasteiger partial charge in [-0.2, -0.15) is 0 Å². The summed E-state index contributed by atoms with van der Waals surface area (Å²) in [4.78, 5) is 29.8. The number of aromatic nitrogens is 2. The number of guanidine groups is 1. The van der Waals surface area contributed by atoms with Gasteiger partial charge in [-0.05, 0) is 0 Å². The second-order valence-corrected chi connectivity index (χ2v) is 3.34. The van der Waals surface area contributed by atoms with Gasteiger partial charge in [0.15, 0.2) is 0 Å². The highest BCUT2D eigenvalue weighted by molar-refractivity contribution is 6.45. The number of aliphatic imine (C=N–C) groups is 1. The number of rotatable bonds is 3. The van der Waals surface area contributed by atoms with Gasteiger partial charge in [0.1, 0.15) is 5.82 Å². The summed E-state index contributed by atoms with van der Waals surface area (Å²) in [5, 5.41) is 4.64. The zero-order valence-corrected chi connectivity index (χ0v) is 8.73. The summed E-state index contributed by atoms with van der Waals surface area (Å²) in [5.41, 5.74) is 0. The van der Waals surface area contributed by atoms with E-state index in [2.05, 4.69) is 20.6 Å². The van der Waals surface area contributed by atoms with Crippen molar-refractivity contribution in [2.24, 2.45) is 12.0 Å². The van der Waals surface area contributed by atoms with Gasteiger partial charge in [-0.15, -0.1) is 0 Å². The van der Waals surface area contributed by atoms with E-state index >= 15 is 0 Å². The van der Waals surface area contributed by atoms with Crippen molar-refractivity contribution in [3.05, 3.63) is 18.2 Å². The van der Waals surface area contributed by atoms with Crippen LogP contribution in [0.15, 0.2) is 17.4 Å². The molecule has 0 bridgehead atoms. The van der Waals surface area contributed by atoms with E-state index in [0.29, 0.717) is 13.0 Å². The molecule has 0 atom stereocenters. The predicted molar refractivity (Wildman–Crippen MR) is 55.5 cm³/mol. The molecule has 1 aromatic heterocycles. The third kappa shape index (κ3) is 2.08. The molecule has 2 heterocycles. The first kappa shape index (κ1) is 10.3. The highest BCUT2D eigenvalue weighted by Gasteiger charge is 2.24. The van der Waals surface area contributed by atoms with Crippen LogP contribution in [0, 0.1) is 0 Å². The Morgan fingerprint density at radius 1 is 1.38 bits per heavy atom. The highest BCUT2D eigenvalue weighted by atomic mass is 16.2. The van der Waals surface area contributed by atoms with Crippen LogP contribution in [0.1, 0.15) is 5.82 Å². The minimum absolute atomic E-state index is 0.212. The lowest BCUT2D eigenvalue weighted by atomic mass is 10.4. The molecule has 0 aliphatic carbocycles. The van der Waals surface area contributed by atoms with Gasteiger partial charge in [0.05, 0.1) is 0 Å². The summed E-state index contributed by atoms with van der Waals surface area (Å²) in [6, 6.07) is 0. The lowest BCUT2D eigenvalue weighted by Crippen LogP contribution is -2.26. The molecule has 1 saturated heterocycles. The summed E-state index contributed by atoms with van der Waals surface area (Å²) >= 11 is 0. The molecule has 0 spiro atoms. The molecule has 1 fully saturated rings. The first-order valence-electron chi connectivity index (χ1n) is 4.80. The summed E-state index contributed by atoms with van der Waals surface area (Å²) in [6.07, 6.45) is 4.21. The maximum atomic E-state index is 10.8. The smallest absolute Gasteiger partial charge is 0.316 e. The molecule has 1 aromatic rings. The fraction of sp³-hybridized carbons (Fsp3) is 0.333. The summed E-state index contributed by atoms with van der Waals surface area (Å²) in [7, 11) is 1.90. The second kappa shape index (κ2) is 4.13. The first-order valence-corrected chi connectivity index (χ1v) is 4.80. The van der Waals surface area contributed by atoms with Crippen molar-refractivity contribution in [1.82, 2.24) is 20.2 Å². The van der Waals surface area contributed by atoms with E-state index < -0.39 is 11.8 Å². The number of carbonyl (C=O) groups excluding carboxylic acids is 2. The maximum Gasteiger partial charge on any atom is 0.316 e. The Bertz CT molecular complexity index is 444. The van der Waals surface area contributed by atoms with Crippen LogP contribution in [0.4, 0.5) is 0 Å². The Hall–Kier alpha value is -2.18. The Balaban J connectivity index is 1.89. The number of nitrogens with zero attached hydrogens (tertiary/aromatic N) is 3. The summed E-state index contributed by atoms with van der Waals surface area (Å²) in [5.74, 6) is -0.226. The Kier molecular flexibility index (Phi) is 2.67. The van der Waals surface area contributed by atoms with Gasteiger partial charge in [0.2, 0.25) is 5.96 Å². The van der Waals surface area contributed by atoms with Gasteiger partial charge in [-0.25, -0.2) is 4.98 Å². The molecule has 0 unspecified atom stereocenters. The monoisotopic (exact) mass is 221 g/mol. The van der Waals surface area contributed by atoms with Crippen LogP contribution >= 0.6 is 0 Å². The minimum atomic E-state index is -0.671. The highest BCUT2D eigenvalue weighted by Crippen LogP contribution is 1.95. The van der Waals surface area contributed by atoms with Crippen molar-refractivity contribution in [3.63, 3.8) is 0 Å². The third-order valence-corrected chi connectivity index (χ3v) is 2.20. The number of amides is 2. The average Bonchev–Trinajstić information content (AvgIpc) is 2.76. The molecule has 7 nitrogen and oxygen atoms in total. The van der Waals surface area contributed by atoms with Crippen LogP contribution in [0.3, 0.4) is 0 Å². The number of hydrogen-bond acceptors (Lipinski definition) is 4. The Morgan fingerprint density at radius 2 is 2.06 bits per heavy atom. The SMILES string of the molecule is Cn1ccnc1CCN=C1NC(=O)C(=O)N1. The van der Waals surface area contributed by atoms with Crippen molar-refractivity contribution >= 4 is 17.8 Å². The lowest BCUT2D eigenvalue weighted by molar-refractivity contribution is -0.135. The van der Waals surface area contributed by atoms with Crippen molar-refractivity contribution in [2.45, 2.75) is 6.42 Å². The number of nitrogens with one attached hydrogen (secondary N) is 2. The Morgan fingerprint density at radius 3 is 2.62 bits per heavy atom. The molecule has 16 heavy (non-hydrogen) atoms. The molecule has 0 saturated carbocycles. The molecular formula is C9H11N5O2. The number of aryl methyl sites for hydroxylation is 1. The third-order valence-electron chi connectivity index (χ3n) is 2.20. The van der Waals surface area contributed by atoms with Crippen LogP contribution in [0.5, 0.6) is 0 Å². The quantitative estimate of drug-likeness (QED) is 0.613. The molecule has 2 N–H and O–H groups in total. The molecule has 2 amide bonds. The summed E-state index contributed by atoms with van der Waals surface area (Å²) < 4.78 is 1.89. The van der Waals surface area contributed by atoms with E-state index in [1.54, 1.807) is 6.20 Å². The molecule has 0 aromatic carbocycles. The van der Waals surface area contributed by atoms with E-state index in [1.165, 1.54) is 0 Å². The predicted octanol–water partition coefficient (Wildman–Crippen LogP) is -1.44. The fourth-order valence-electron chi connectivity index (χ4n) is 1.34. The van der Waals surface area contributed by atoms with E-state index in [0.717, 1.165) is 5.82 Å². The van der Waals surface area contributed by atoms with Crippen LogP contribution in [0.25, 0.3) is 0 Å². The molecule has 84 valence electrons. The first-order chi connectivity index (χ1) is 7.66. The van der Waals surface area contributed by atoms with E-state index in [1.807, 2.05) is 17.8 Å². The number of carbonyl (C=O) groups is 2. The van der Waals surface area contributed by atoms with Crippen LogP contribution < -0.4 is 10.6 Å². The normalized spacial score (nSPS) is 14.9. The topological polar surface area (TPSA) is 88.4 Å². The molecule has 2 rings (SSSR count). The molecule has 0 radical (unpaired) electrons. The molecule has 1 aliphatic rings. The summed E-state index contributed by atoms with van der Waals surface area (Å²) in [6.45, 7) is 0.459. The van der Waals surface area contributed by atoms with Crippen LogP contribution in [0.2, 0.25) is 0 Å². The second-order valence-electron chi connectivity index (χ2n) is 3.34. The van der Waals surface area contributed by atoms with E-state index in [-0.39, 0.29) is 5.96 Å². The average molecular weight is 221 g/mol. The van der Waals surface area contributed by atoms with Gasteiger partial charge < -0.3 is 4.57 Å². The standard InChI is InChI=1S/C9H11N5O2/c1-14-5-4-10-6(14)2-3-11-9-12-7(15)8(16)13-9/h4-5H,2-3H2,1H3,(H2,11,12,13,15,16). The van der Waals surface area contributed by atoms with Gasteiger partial charge in [0.25, 0.3) is 0 Å². The number of hydrogen-bond donors (Lipinski definition) is 2. The van der Waals surface area contributed by atoms with Crippen molar-refractivity contribution in [3.8, 4) is 0 Å². The zero-order chi connectivity index (χ0) is 11.5. The largest absolute Gasteiger partial charge is 0.338 e. The molecular weight excluding hydrogens is 210 g/mol. The zero-order valence-electron chi connectivity index (χ0n) is 8.73. The Labute approximate surface area is 91.6 Å². The van der Waals surface area contributed by atoms with Crippen LogP contribution in [-0.2, 0) is 23.1 Å². The maximum absolute atomic E-state index is 10.8. The van der Waals surface area contributed by atoms with E-state index in [9.17, 15) is 9.59 Å². The van der Waals surface area contributed by atoms with Crippen molar-refractivity contribution in [2.75, 3.05) is 6.54 Å². The van der Waals surface area contributed by atoms with Gasteiger partial charge in [-0.3, -0.25) is 25.2 Å². The number of imidazole rings is 1. The van der Waals surface area contributed by atoms with Crippen LogP contribution in [-0.4, -0.2) is 33.9 Å².